The molecule has 0 atom stereocenters. The summed E-state index contributed by atoms with van der Waals surface area (Å²) in [6.45, 7) is 4.33. The van der Waals surface area contributed by atoms with E-state index in [4.69, 9.17) is 9.84 Å². The second-order valence-corrected chi connectivity index (χ2v) is 6.21. The second kappa shape index (κ2) is 8.43. The molecule has 1 N–H and O–H groups in total. The highest BCUT2D eigenvalue weighted by Crippen LogP contribution is 2.23. The average molecular weight is 293 g/mol. The van der Waals surface area contributed by atoms with Crippen LogP contribution in [0.5, 0.6) is 0 Å². The van der Waals surface area contributed by atoms with Gasteiger partial charge in [-0.15, -0.1) is 11.3 Å². The van der Waals surface area contributed by atoms with Crippen molar-refractivity contribution < 1.29 is 9.84 Å². The molecule has 0 spiro atoms. The van der Waals surface area contributed by atoms with Crippen LogP contribution in [0.3, 0.4) is 0 Å². The van der Waals surface area contributed by atoms with Gasteiger partial charge >= 0.3 is 0 Å². The molecule has 0 unspecified atom stereocenters. The smallest absolute Gasteiger partial charge is 0.0540 e. The first-order chi connectivity index (χ1) is 9.83. The van der Waals surface area contributed by atoms with Gasteiger partial charge in [-0.05, 0) is 43.3 Å². The van der Waals surface area contributed by atoms with Crippen molar-refractivity contribution in [1.29, 1.82) is 0 Å². The fourth-order valence-corrected chi connectivity index (χ4v) is 3.41. The summed E-state index contributed by atoms with van der Waals surface area (Å²) in [6.07, 6.45) is 3.01. The van der Waals surface area contributed by atoms with Crippen molar-refractivity contribution in [2.75, 3.05) is 33.4 Å². The van der Waals surface area contributed by atoms with Crippen LogP contribution < -0.4 is 0 Å². The molecule has 0 amide bonds. The maximum Gasteiger partial charge on any atom is 0.0540 e. The van der Waals surface area contributed by atoms with Gasteiger partial charge in [0.2, 0.25) is 0 Å². The maximum atomic E-state index is 8.78. The molecule has 0 saturated carbocycles. The molecular weight excluding hydrogens is 270 g/mol. The van der Waals surface area contributed by atoms with Crippen molar-refractivity contribution in [1.82, 2.24) is 4.90 Å². The van der Waals surface area contributed by atoms with Crippen LogP contribution in [0.25, 0.3) is 0 Å². The summed E-state index contributed by atoms with van der Waals surface area (Å²) in [4.78, 5) is 3.86. The molecule has 1 aromatic heterocycles. The summed E-state index contributed by atoms with van der Waals surface area (Å²) in [6, 6.07) is 2.09. The number of ether oxygens (including phenoxy) is 1. The molecular formula is C16H23NO2S. The highest BCUT2D eigenvalue weighted by Gasteiger charge is 2.19. The third-order valence-corrected chi connectivity index (χ3v) is 4.59. The van der Waals surface area contributed by atoms with Gasteiger partial charge in [0, 0.05) is 37.1 Å². The quantitative estimate of drug-likeness (QED) is 0.846. The number of hydrogen-bond donors (Lipinski definition) is 1. The Morgan fingerprint density at radius 2 is 2.25 bits per heavy atom. The van der Waals surface area contributed by atoms with Gasteiger partial charge < -0.3 is 9.84 Å². The van der Waals surface area contributed by atoms with Gasteiger partial charge in [-0.25, -0.2) is 0 Å². The number of hydrogen-bond acceptors (Lipinski definition) is 4. The molecule has 1 saturated heterocycles. The molecule has 2 heterocycles. The van der Waals surface area contributed by atoms with Crippen molar-refractivity contribution in [2.45, 2.75) is 25.8 Å². The predicted molar refractivity (Wildman–Crippen MR) is 82.8 cm³/mol. The Bertz CT molecular complexity index is 453. The average Bonchev–Trinajstić information content (AvgIpc) is 2.89. The van der Waals surface area contributed by atoms with Gasteiger partial charge in [0.1, 0.15) is 0 Å². The van der Waals surface area contributed by atoms with Crippen LogP contribution in [0.1, 0.15) is 29.7 Å². The van der Waals surface area contributed by atoms with Gasteiger partial charge in [0.25, 0.3) is 0 Å². The molecule has 3 nitrogen and oxygen atoms in total. The van der Waals surface area contributed by atoms with E-state index in [0.29, 0.717) is 6.42 Å². The van der Waals surface area contributed by atoms with Crippen molar-refractivity contribution >= 4 is 11.3 Å². The van der Waals surface area contributed by atoms with E-state index in [-0.39, 0.29) is 6.61 Å². The van der Waals surface area contributed by atoms with Crippen LogP contribution in [0.15, 0.2) is 11.4 Å². The van der Waals surface area contributed by atoms with Gasteiger partial charge in [-0.2, -0.15) is 0 Å². The number of aliphatic hydroxyl groups excluding tert-OH is 1. The summed E-state index contributed by atoms with van der Waals surface area (Å²) in [5.41, 5.74) is 1.13. The molecule has 20 heavy (non-hydrogen) atoms. The third-order valence-electron chi connectivity index (χ3n) is 3.68. The van der Waals surface area contributed by atoms with Crippen LogP contribution in [0.4, 0.5) is 0 Å². The fourth-order valence-electron chi connectivity index (χ4n) is 2.54. The van der Waals surface area contributed by atoms with E-state index in [1.54, 1.807) is 18.4 Å². The molecule has 0 bridgehead atoms. The Hall–Kier alpha value is -0.860. The predicted octanol–water partition coefficient (Wildman–Crippen LogP) is 2.34. The van der Waals surface area contributed by atoms with Crippen LogP contribution in [0.2, 0.25) is 0 Å². The number of piperidine rings is 1. The van der Waals surface area contributed by atoms with E-state index in [0.717, 1.165) is 37.7 Å². The number of methoxy groups -OCH3 is 1. The molecule has 1 aromatic rings. The van der Waals surface area contributed by atoms with Gasteiger partial charge in [0.15, 0.2) is 0 Å². The van der Waals surface area contributed by atoms with Crippen molar-refractivity contribution in [2.24, 2.45) is 5.92 Å². The SMILES string of the molecule is COCC1CCN(Cc2sccc2C#CCCO)CC1. The van der Waals surface area contributed by atoms with Gasteiger partial charge in [0.05, 0.1) is 6.61 Å². The van der Waals surface area contributed by atoms with E-state index >= 15 is 0 Å². The minimum absolute atomic E-state index is 0.138. The van der Waals surface area contributed by atoms with Gasteiger partial charge in [-0.1, -0.05) is 11.8 Å². The van der Waals surface area contributed by atoms with Crippen molar-refractivity contribution in [3.05, 3.63) is 21.9 Å². The third kappa shape index (κ3) is 4.60. The van der Waals surface area contributed by atoms with E-state index in [9.17, 15) is 0 Å². The van der Waals surface area contributed by atoms with Crippen LogP contribution in [-0.4, -0.2) is 43.4 Å². The second-order valence-electron chi connectivity index (χ2n) is 5.21. The first-order valence-electron chi connectivity index (χ1n) is 7.21. The molecule has 4 heteroatoms. The lowest BCUT2D eigenvalue weighted by molar-refractivity contribution is 0.0972. The van der Waals surface area contributed by atoms with E-state index in [1.807, 2.05) is 0 Å². The Kier molecular flexibility index (Phi) is 6.55. The Labute approximate surface area is 125 Å². The summed E-state index contributed by atoms with van der Waals surface area (Å²) in [5, 5.41) is 10.9. The number of likely N-dealkylation sites (tertiary alicyclic amines) is 1. The molecule has 1 aliphatic heterocycles. The minimum Gasteiger partial charge on any atom is -0.395 e. The van der Waals surface area contributed by atoms with E-state index < -0.39 is 0 Å². The Balaban J connectivity index is 1.86. The maximum absolute atomic E-state index is 8.78. The summed E-state index contributed by atoms with van der Waals surface area (Å²) in [7, 11) is 1.79. The van der Waals surface area contributed by atoms with Crippen molar-refractivity contribution in [3.8, 4) is 11.8 Å². The topological polar surface area (TPSA) is 32.7 Å². The molecule has 1 fully saturated rings. The molecule has 110 valence electrons. The summed E-state index contributed by atoms with van der Waals surface area (Å²) in [5.74, 6) is 6.90. The zero-order chi connectivity index (χ0) is 14.2. The summed E-state index contributed by atoms with van der Waals surface area (Å²) < 4.78 is 5.24. The molecule has 0 radical (unpaired) electrons. The summed E-state index contributed by atoms with van der Waals surface area (Å²) >= 11 is 1.78. The van der Waals surface area contributed by atoms with Crippen LogP contribution in [-0.2, 0) is 11.3 Å². The lowest BCUT2D eigenvalue weighted by atomic mass is 9.98. The number of nitrogens with zero attached hydrogens (tertiary/aromatic N) is 1. The zero-order valence-corrected chi connectivity index (χ0v) is 12.9. The lowest BCUT2D eigenvalue weighted by Gasteiger charge is -2.31. The first kappa shape index (κ1) is 15.5. The number of aliphatic hydroxyl groups is 1. The Morgan fingerprint density at radius 1 is 1.45 bits per heavy atom. The van der Waals surface area contributed by atoms with E-state index in [2.05, 4.69) is 28.2 Å². The zero-order valence-electron chi connectivity index (χ0n) is 12.1. The fraction of sp³-hybridized carbons (Fsp3) is 0.625. The lowest BCUT2D eigenvalue weighted by Crippen LogP contribution is -2.34. The molecule has 0 aliphatic carbocycles. The highest BCUT2D eigenvalue weighted by atomic mass is 32.1. The van der Waals surface area contributed by atoms with Gasteiger partial charge in [-0.3, -0.25) is 4.90 Å². The van der Waals surface area contributed by atoms with Crippen LogP contribution >= 0.6 is 11.3 Å². The normalized spacial score (nSPS) is 16.9. The highest BCUT2D eigenvalue weighted by molar-refractivity contribution is 7.10. The first-order valence-corrected chi connectivity index (χ1v) is 8.09. The standard InChI is InChI=1S/C16H23NO2S/c1-19-13-14-5-8-17(9-6-14)12-16-15(7-11-20-16)4-2-3-10-18/h7,11,14,18H,3,5-6,8-10,12-13H2,1H3. The minimum atomic E-state index is 0.138. The monoisotopic (exact) mass is 293 g/mol. The molecule has 0 aromatic carbocycles. The van der Waals surface area contributed by atoms with Crippen LogP contribution in [0, 0.1) is 17.8 Å². The van der Waals surface area contributed by atoms with Crippen molar-refractivity contribution in [3.63, 3.8) is 0 Å². The number of thiophene rings is 1. The van der Waals surface area contributed by atoms with E-state index in [1.165, 1.54) is 17.7 Å². The molecule has 2 rings (SSSR count). The number of rotatable bonds is 5. The largest absolute Gasteiger partial charge is 0.395 e. The molecule has 1 aliphatic rings. The Morgan fingerprint density at radius 3 is 2.95 bits per heavy atom.